The van der Waals surface area contributed by atoms with E-state index >= 15 is 0 Å². The number of esters is 1. The molecule has 3 rings (SSSR count). The second-order valence-corrected chi connectivity index (χ2v) is 6.31. The number of para-hydroxylation sites is 1. The van der Waals surface area contributed by atoms with Gasteiger partial charge in [-0.05, 0) is 50.2 Å². The van der Waals surface area contributed by atoms with E-state index in [9.17, 15) is 9.59 Å². The highest BCUT2D eigenvalue weighted by Gasteiger charge is 2.14. The zero-order valence-corrected chi connectivity index (χ0v) is 16.7. The number of nitrogens with zero attached hydrogens (tertiary/aromatic N) is 1. The lowest BCUT2D eigenvalue weighted by atomic mass is 10.1. The zero-order chi connectivity index (χ0) is 21.3. The van der Waals surface area contributed by atoms with Gasteiger partial charge in [-0.1, -0.05) is 30.3 Å². The minimum absolute atomic E-state index is 0.311. The van der Waals surface area contributed by atoms with Gasteiger partial charge in [0.25, 0.3) is 5.91 Å². The number of nitrogens with one attached hydrogen (secondary N) is 1. The Morgan fingerprint density at radius 2 is 1.90 bits per heavy atom. The molecule has 0 fully saturated rings. The molecule has 1 atom stereocenters. The maximum Gasteiger partial charge on any atom is 0.338 e. The summed E-state index contributed by atoms with van der Waals surface area (Å²) < 4.78 is 16.3. The van der Waals surface area contributed by atoms with Crippen LogP contribution in [0.5, 0.6) is 5.75 Å². The molecule has 0 saturated carbocycles. The molecular formula is C23H22N2O5. The standard InChI is InChI=1S/C23H22N2O5/c1-3-28-23(27)18-9-7-8-17(14-18)21-13-12-20(30-21)15-24-25-22(26)16(2)29-19-10-5-4-6-11-19/h4-16H,3H2,1-2H3,(H,25,26)/b24-15-/t16-/m0/s1. The predicted octanol–water partition coefficient (Wildman–Crippen LogP) is 4.04. The van der Waals surface area contributed by atoms with Crippen LogP contribution in [0.4, 0.5) is 0 Å². The van der Waals surface area contributed by atoms with Crippen molar-refractivity contribution >= 4 is 18.1 Å². The molecule has 30 heavy (non-hydrogen) atoms. The maximum absolute atomic E-state index is 12.1. The lowest BCUT2D eigenvalue weighted by Crippen LogP contribution is -2.33. The first-order valence-corrected chi connectivity index (χ1v) is 9.49. The summed E-state index contributed by atoms with van der Waals surface area (Å²) in [6, 6.07) is 19.5. The fraction of sp³-hybridized carbons (Fsp3) is 0.174. The summed E-state index contributed by atoms with van der Waals surface area (Å²) >= 11 is 0. The Hall–Kier alpha value is -3.87. The molecule has 0 saturated heterocycles. The first kappa shape index (κ1) is 20.9. The third-order valence-electron chi connectivity index (χ3n) is 4.08. The number of benzene rings is 2. The van der Waals surface area contributed by atoms with Crippen LogP contribution in [0.1, 0.15) is 30.0 Å². The smallest absolute Gasteiger partial charge is 0.338 e. The van der Waals surface area contributed by atoms with Gasteiger partial charge in [0.05, 0.1) is 18.4 Å². The van der Waals surface area contributed by atoms with E-state index in [4.69, 9.17) is 13.9 Å². The maximum atomic E-state index is 12.1. The molecular weight excluding hydrogens is 384 g/mol. The first-order valence-electron chi connectivity index (χ1n) is 9.49. The van der Waals surface area contributed by atoms with Gasteiger partial charge in [-0.25, -0.2) is 10.2 Å². The van der Waals surface area contributed by atoms with Crippen LogP contribution >= 0.6 is 0 Å². The Labute approximate surface area is 174 Å². The molecule has 1 amide bonds. The Balaban J connectivity index is 1.59. The molecule has 1 heterocycles. The van der Waals surface area contributed by atoms with Crippen LogP contribution in [0.2, 0.25) is 0 Å². The molecule has 0 aliphatic heterocycles. The number of carbonyl (C=O) groups is 2. The highest BCUT2D eigenvalue weighted by atomic mass is 16.5. The van der Waals surface area contributed by atoms with E-state index in [1.165, 1.54) is 6.21 Å². The molecule has 0 bridgehead atoms. The van der Waals surface area contributed by atoms with Crippen molar-refractivity contribution < 1.29 is 23.5 Å². The second-order valence-electron chi connectivity index (χ2n) is 6.31. The van der Waals surface area contributed by atoms with E-state index in [-0.39, 0.29) is 11.9 Å². The van der Waals surface area contributed by atoms with Gasteiger partial charge in [-0.15, -0.1) is 0 Å². The Morgan fingerprint density at radius 1 is 1.10 bits per heavy atom. The summed E-state index contributed by atoms with van der Waals surface area (Å²) in [6.07, 6.45) is 0.689. The largest absolute Gasteiger partial charge is 0.481 e. The minimum atomic E-state index is -0.706. The van der Waals surface area contributed by atoms with Crippen molar-refractivity contribution in [2.45, 2.75) is 20.0 Å². The average Bonchev–Trinajstić information content (AvgIpc) is 3.23. The van der Waals surface area contributed by atoms with Crippen LogP contribution < -0.4 is 10.2 Å². The molecule has 0 aliphatic carbocycles. The molecule has 0 aliphatic rings. The molecule has 7 heteroatoms. The minimum Gasteiger partial charge on any atom is -0.481 e. The molecule has 0 radical (unpaired) electrons. The van der Waals surface area contributed by atoms with Gasteiger partial charge in [0.2, 0.25) is 0 Å². The van der Waals surface area contributed by atoms with Gasteiger partial charge in [-0.2, -0.15) is 5.10 Å². The van der Waals surface area contributed by atoms with E-state index in [2.05, 4.69) is 10.5 Å². The zero-order valence-electron chi connectivity index (χ0n) is 16.7. The number of ether oxygens (including phenoxy) is 2. The van der Waals surface area contributed by atoms with Crippen LogP contribution in [0, 0.1) is 0 Å². The molecule has 0 unspecified atom stereocenters. The SMILES string of the molecule is CCOC(=O)c1cccc(-c2ccc(/C=N\NC(=O)[C@H](C)Oc3ccccc3)o2)c1. The number of amides is 1. The summed E-state index contributed by atoms with van der Waals surface area (Å²) in [6.45, 7) is 3.71. The van der Waals surface area contributed by atoms with Crippen molar-refractivity contribution in [1.29, 1.82) is 0 Å². The molecule has 0 spiro atoms. The predicted molar refractivity (Wildman–Crippen MR) is 112 cm³/mol. The Bertz CT molecular complexity index is 1030. The van der Waals surface area contributed by atoms with E-state index in [1.807, 2.05) is 24.3 Å². The van der Waals surface area contributed by atoms with Crippen molar-refractivity contribution in [2.75, 3.05) is 6.61 Å². The van der Waals surface area contributed by atoms with Crippen molar-refractivity contribution in [2.24, 2.45) is 5.10 Å². The molecule has 1 aromatic heterocycles. The summed E-state index contributed by atoms with van der Waals surface area (Å²) in [4.78, 5) is 24.0. The lowest BCUT2D eigenvalue weighted by molar-refractivity contribution is -0.127. The van der Waals surface area contributed by atoms with Gasteiger partial charge >= 0.3 is 5.97 Å². The van der Waals surface area contributed by atoms with Gasteiger partial charge < -0.3 is 13.9 Å². The number of furan rings is 1. The molecule has 154 valence electrons. The third kappa shape index (κ3) is 5.57. The van der Waals surface area contributed by atoms with E-state index in [0.717, 1.165) is 5.56 Å². The summed E-state index contributed by atoms with van der Waals surface area (Å²) in [5, 5.41) is 3.91. The average molecular weight is 406 g/mol. The first-order chi connectivity index (χ1) is 14.6. The van der Waals surface area contributed by atoms with Gasteiger partial charge in [-0.3, -0.25) is 4.79 Å². The summed E-state index contributed by atoms with van der Waals surface area (Å²) in [5.74, 6) is 0.842. The second kappa shape index (κ2) is 10.1. The van der Waals surface area contributed by atoms with Crippen LogP contribution in [0.25, 0.3) is 11.3 Å². The summed E-state index contributed by atoms with van der Waals surface area (Å²) in [7, 11) is 0. The molecule has 7 nitrogen and oxygen atoms in total. The quantitative estimate of drug-likeness (QED) is 0.346. The van der Waals surface area contributed by atoms with E-state index in [1.54, 1.807) is 56.3 Å². The molecule has 3 aromatic rings. The number of hydrazone groups is 1. The summed E-state index contributed by atoms with van der Waals surface area (Å²) in [5.41, 5.74) is 3.60. The van der Waals surface area contributed by atoms with Crippen LogP contribution in [0.3, 0.4) is 0 Å². The lowest BCUT2D eigenvalue weighted by Gasteiger charge is -2.12. The Kier molecular flexibility index (Phi) is 7.00. The van der Waals surface area contributed by atoms with Crippen molar-refractivity contribution in [3.8, 4) is 17.1 Å². The monoisotopic (exact) mass is 406 g/mol. The van der Waals surface area contributed by atoms with Crippen molar-refractivity contribution in [3.63, 3.8) is 0 Å². The van der Waals surface area contributed by atoms with Crippen molar-refractivity contribution in [3.05, 3.63) is 78.1 Å². The van der Waals surface area contributed by atoms with Crippen LogP contribution in [-0.4, -0.2) is 30.8 Å². The van der Waals surface area contributed by atoms with Gasteiger partial charge in [0, 0.05) is 5.56 Å². The number of hydrogen-bond acceptors (Lipinski definition) is 6. The van der Waals surface area contributed by atoms with Gasteiger partial charge in [0.1, 0.15) is 17.3 Å². The normalized spacial score (nSPS) is 11.8. The third-order valence-corrected chi connectivity index (χ3v) is 4.08. The van der Waals surface area contributed by atoms with E-state index < -0.39 is 6.10 Å². The van der Waals surface area contributed by atoms with Crippen molar-refractivity contribution in [1.82, 2.24) is 5.43 Å². The number of carbonyl (C=O) groups excluding carboxylic acids is 2. The highest BCUT2D eigenvalue weighted by Crippen LogP contribution is 2.23. The van der Waals surface area contributed by atoms with Crippen LogP contribution in [0.15, 0.2) is 76.2 Å². The van der Waals surface area contributed by atoms with Crippen LogP contribution in [-0.2, 0) is 9.53 Å². The topological polar surface area (TPSA) is 90.1 Å². The fourth-order valence-corrected chi connectivity index (χ4v) is 2.60. The number of hydrogen-bond donors (Lipinski definition) is 1. The molecule has 1 N–H and O–H groups in total. The fourth-order valence-electron chi connectivity index (χ4n) is 2.60. The number of rotatable bonds is 8. The molecule has 2 aromatic carbocycles. The Morgan fingerprint density at radius 3 is 2.67 bits per heavy atom. The van der Waals surface area contributed by atoms with Gasteiger partial charge in [0.15, 0.2) is 6.10 Å². The van der Waals surface area contributed by atoms with E-state index in [0.29, 0.717) is 29.4 Å². The highest BCUT2D eigenvalue weighted by molar-refractivity contribution is 5.91.